The molecule has 174 valence electrons. The monoisotopic (exact) mass is 463 g/mol. The number of hydrogen-bond acceptors (Lipinski definition) is 9. The molecule has 31 heavy (non-hydrogen) atoms. The molecule has 0 aromatic carbocycles. The average Bonchev–Trinajstić information content (AvgIpc) is 3.05. The summed E-state index contributed by atoms with van der Waals surface area (Å²) >= 11 is 1.28. The van der Waals surface area contributed by atoms with Crippen molar-refractivity contribution in [3.8, 4) is 0 Å². The molecular weight excluding hydrogens is 437 g/mol. The molecule has 1 aliphatic rings. The fourth-order valence-corrected chi connectivity index (χ4v) is 3.57. The van der Waals surface area contributed by atoms with Gasteiger partial charge in [0.15, 0.2) is 18.6 Å². The molecule has 0 spiro atoms. The van der Waals surface area contributed by atoms with Crippen LogP contribution in [-0.4, -0.2) is 69.3 Å². The van der Waals surface area contributed by atoms with Crippen LogP contribution in [0.25, 0.3) is 0 Å². The molecule has 1 amide bonds. The smallest absolute Gasteiger partial charge is 0.407 e. The number of carbonyl (C=O) groups excluding carboxylic acids is 2. The van der Waals surface area contributed by atoms with Crippen LogP contribution >= 0.6 is 11.8 Å². The number of aliphatic hydroxyl groups is 1. The summed E-state index contributed by atoms with van der Waals surface area (Å²) in [7, 11) is 1.14. The van der Waals surface area contributed by atoms with Gasteiger partial charge in [0.25, 0.3) is 5.56 Å². The molecule has 1 saturated heterocycles. The number of halogens is 1. The van der Waals surface area contributed by atoms with Gasteiger partial charge in [-0.05, 0) is 13.2 Å². The number of hydrogen-bond donors (Lipinski definition) is 2. The van der Waals surface area contributed by atoms with E-state index in [0.29, 0.717) is 4.57 Å². The fourth-order valence-electron chi connectivity index (χ4n) is 3.12. The standard InChI is InChI=1S/C18H26FN3O8S/c1-10(31-4)13(20-16(26)28-3)14(25)29-9-22-12(24)5-6-21(17(22)27)15-18(2,19)7-11(8-23)30-15/h5-6,10-11,13,15,23H,7-9H2,1-4H3,(H,20,26)/t10?,11-,13-,15+,18+/m0/s1. The van der Waals surface area contributed by atoms with E-state index < -0.39 is 65.9 Å². The maximum atomic E-state index is 14.9. The molecule has 5 atom stereocenters. The Labute approximate surface area is 181 Å². The lowest BCUT2D eigenvalue weighted by atomic mass is 10.0. The molecular formula is C18H26FN3O8S. The van der Waals surface area contributed by atoms with Crippen LogP contribution in [0.5, 0.6) is 0 Å². The molecule has 2 heterocycles. The van der Waals surface area contributed by atoms with Gasteiger partial charge in [-0.2, -0.15) is 11.8 Å². The van der Waals surface area contributed by atoms with E-state index in [2.05, 4.69) is 10.1 Å². The number of amides is 1. The van der Waals surface area contributed by atoms with Crippen molar-refractivity contribution in [3.63, 3.8) is 0 Å². The van der Waals surface area contributed by atoms with Crippen LogP contribution in [0.15, 0.2) is 21.9 Å². The fraction of sp³-hybridized carbons (Fsp3) is 0.667. The van der Waals surface area contributed by atoms with E-state index >= 15 is 0 Å². The summed E-state index contributed by atoms with van der Waals surface area (Å²) in [5.41, 5.74) is -3.70. The van der Waals surface area contributed by atoms with E-state index in [1.54, 1.807) is 13.2 Å². The highest BCUT2D eigenvalue weighted by Crippen LogP contribution is 2.39. The van der Waals surface area contributed by atoms with Crippen LogP contribution < -0.4 is 16.6 Å². The number of nitrogens with zero attached hydrogens (tertiary/aromatic N) is 2. The van der Waals surface area contributed by atoms with Crippen molar-refractivity contribution in [1.29, 1.82) is 0 Å². The first kappa shape index (κ1) is 24.9. The van der Waals surface area contributed by atoms with Crippen molar-refractivity contribution < 1.29 is 33.3 Å². The predicted molar refractivity (Wildman–Crippen MR) is 108 cm³/mol. The maximum Gasteiger partial charge on any atom is 0.407 e. The number of carbonyl (C=O) groups is 2. The highest BCUT2D eigenvalue weighted by Gasteiger charge is 2.47. The molecule has 13 heteroatoms. The third kappa shape index (κ3) is 5.66. The molecule has 1 aromatic rings. The highest BCUT2D eigenvalue weighted by atomic mass is 32.2. The van der Waals surface area contributed by atoms with Gasteiger partial charge in [-0.3, -0.25) is 9.36 Å². The summed E-state index contributed by atoms with van der Waals surface area (Å²) in [4.78, 5) is 48.9. The van der Waals surface area contributed by atoms with Gasteiger partial charge in [0.1, 0.15) is 6.04 Å². The summed E-state index contributed by atoms with van der Waals surface area (Å²) in [6, 6.07) is -0.0861. The molecule has 11 nitrogen and oxygen atoms in total. The molecule has 1 aromatic heterocycles. The van der Waals surface area contributed by atoms with E-state index in [0.717, 1.165) is 23.9 Å². The molecule has 1 fully saturated rings. The first-order chi connectivity index (χ1) is 14.5. The first-order valence-corrected chi connectivity index (χ1v) is 10.7. The van der Waals surface area contributed by atoms with Crippen LogP contribution in [0.1, 0.15) is 26.5 Å². The quantitative estimate of drug-likeness (QED) is 0.510. The highest BCUT2D eigenvalue weighted by molar-refractivity contribution is 7.99. The van der Waals surface area contributed by atoms with Gasteiger partial charge in [0, 0.05) is 23.9 Å². The summed E-state index contributed by atoms with van der Waals surface area (Å²) in [6.07, 6.45) is -0.348. The van der Waals surface area contributed by atoms with Crippen molar-refractivity contribution >= 4 is 23.8 Å². The topological polar surface area (TPSA) is 138 Å². The minimum absolute atomic E-state index is 0.137. The van der Waals surface area contributed by atoms with Crippen LogP contribution in [0.2, 0.25) is 0 Å². The van der Waals surface area contributed by atoms with E-state index in [1.165, 1.54) is 18.7 Å². The Morgan fingerprint density at radius 2 is 2.16 bits per heavy atom. The van der Waals surface area contributed by atoms with Crippen LogP contribution in [0.4, 0.5) is 9.18 Å². The minimum atomic E-state index is -1.97. The Hall–Kier alpha value is -2.38. The number of alkyl halides is 1. The van der Waals surface area contributed by atoms with Gasteiger partial charge >= 0.3 is 17.8 Å². The lowest BCUT2D eigenvalue weighted by molar-refractivity contribution is -0.150. The number of thioether (sulfide) groups is 1. The van der Waals surface area contributed by atoms with E-state index in [9.17, 15) is 28.7 Å². The number of esters is 1. The third-order valence-electron chi connectivity index (χ3n) is 4.90. The second kappa shape index (κ2) is 10.3. The summed E-state index contributed by atoms with van der Waals surface area (Å²) in [6.45, 7) is 1.72. The zero-order chi connectivity index (χ0) is 23.3. The Kier molecular flexibility index (Phi) is 8.26. The summed E-state index contributed by atoms with van der Waals surface area (Å²) in [5.74, 6) is -0.887. The number of alkyl carbamates (subject to hydrolysis) is 1. The molecule has 1 aliphatic heterocycles. The van der Waals surface area contributed by atoms with Gasteiger partial charge in [0.2, 0.25) is 0 Å². The van der Waals surface area contributed by atoms with Gasteiger partial charge in [-0.25, -0.2) is 23.3 Å². The van der Waals surface area contributed by atoms with Crippen LogP contribution in [-0.2, 0) is 25.7 Å². The largest absolute Gasteiger partial charge is 0.453 e. The molecule has 0 aliphatic carbocycles. The van der Waals surface area contributed by atoms with Crippen molar-refractivity contribution in [2.45, 2.75) is 56.3 Å². The Morgan fingerprint density at radius 3 is 2.71 bits per heavy atom. The maximum absolute atomic E-state index is 14.9. The number of ether oxygens (including phenoxy) is 3. The normalized spacial score (nSPS) is 25.0. The molecule has 0 saturated carbocycles. The van der Waals surface area contributed by atoms with Crippen LogP contribution in [0.3, 0.4) is 0 Å². The third-order valence-corrected chi connectivity index (χ3v) is 5.92. The van der Waals surface area contributed by atoms with Gasteiger partial charge in [-0.1, -0.05) is 6.92 Å². The van der Waals surface area contributed by atoms with E-state index in [4.69, 9.17) is 9.47 Å². The summed E-state index contributed by atoms with van der Waals surface area (Å²) in [5, 5.41) is 11.2. The number of aromatic nitrogens is 2. The SMILES string of the molecule is COC(=O)N[C@H](C(=O)OCn1c(=O)ccn([C@@H]2O[C@H](CO)C[C@@]2(C)F)c1=O)C(C)SC. The first-order valence-electron chi connectivity index (χ1n) is 9.36. The lowest BCUT2D eigenvalue weighted by Gasteiger charge is -2.24. The number of rotatable bonds is 8. The van der Waals surface area contributed by atoms with E-state index in [1.807, 2.05) is 0 Å². The minimum Gasteiger partial charge on any atom is -0.453 e. The Morgan fingerprint density at radius 1 is 1.48 bits per heavy atom. The second-order valence-corrected chi connectivity index (χ2v) is 8.41. The van der Waals surface area contributed by atoms with Gasteiger partial charge < -0.3 is 24.6 Å². The zero-order valence-electron chi connectivity index (χ0n) is 17.6. The number of methoxy groups -OCH3 is 1. The number of aliphatic hydroxyl groups excluding tert-OH is 1. The Balaban J connectivity index is 2.25. The van der Waals surface area contributed by atoms with Crippen molar-refractivity contribution in [2.75, 3.05) is 20.0 Å². The lowest BCUT2D eigenvalue weighted by Crippen LogP contribution is -2.49. The summed E-state index contributed by atoms with van der Waals surface area (Å²) < 4.78 is 31.3. The van der Waals surface area contributed by atoms with Gasteiger partial charge in [0.05, 0.1) is 19.8 Å². The van der Waals surface area contributed by atoms with E-state index in [-0.39, 0.29) is 6.42 Å². The van der Waals surface area contributed by atoms with Crippen molar-refractivity contribution in [3.05, 3.63) is 33.1 Å². The average molecular weight is 463 g/mol. The molecule has 2 N–H and O–H groups in total. The molecule has 0 radical (unpaired) electrons. The number of nitrogens with one attached hydrogen (secondary N) is 1. The van der Waals surface area contributed by atoms with Gasteiger partial charge in [-0.15, -0.1) is 0 Å². The van der Waals surface area contributed by atoms with Crippen molar-refractivity contribution in [1.82, 2.24) is 14.5 Å². The predicted octanol–water partition coefficient (Wildman–Crippen LogP) is -0.00520. The molecule has 1 unspecified atom stereocenters. The zero-order valence-corrected chi connectivity index (χ0v) is 18.4. The second-order valence-electron chi connectivity index (χ2n) is 7.19. The van der Waals surface area contributed by atoms with Crippen molar-refractivity contribution in [2.24, 2.45) is 0 Å². The molecule has 2 rings (SSSR count). The van der Waals surface area contributed by atoms with Crippen LogP contribution in [0, 0.1) is 0 Å². The molecule has 0 bridgehead atoms. The Bertz CT molecular complexity index is 918.